The monoisotopic (exact) mass is 743 g/mol. The highest BCUT2D eigenvalue weighted by molar-refractivity contribution is 6.34. The summed E-state index contributed by atoms with van der Waals surface area (Å²) in [6.45, 7) is 2.54. The number of amides is 3. The molecule has 2 atom stereocenters. The molecule has 0 aliphatic carbocycles. The number of quaternary nitrogens is 1. The van der Waals surface area contributed by atoms with Gasteiger partial charge in [-0.2, -0.15) is 18.3 Å². The van der Waals surface area contributed by atoms with E-state index in [-0.39, 0.29) is 51.0 Å². The quantitative estimate of drug-likeness (QED) is 0.244. The average molecular weight is 744 g/mol. The first-order chi connectivity index (χ1) is 24.6. The van der Waals surface area contributed by atoms with Crippen LogP contribution in [0.25, 0.3) is 17.1 Å². The number of aliphatic hydroxyl groups excluding tert-OH is 1. The number of piperazine rings is 1. The van der Waals surface area contributed by atoms with E-state index < -0.39 is 29.8 Å². The minimum absolute atomic E-state index is 0.00513. The summed E-state index contributed by atoms with van der Waals surface area (Å²) in [5.74, 6) is -1.63. The number of alkyl halides is 3. The Morgan fingerprint density at radius 2 is 1.69 bits per heavy atom. The number of likely N-dealkylation sites (N-methyl/N-ethyl adjacent to an activating group) is 1. The zero-order valence-corrected chi connectivity index (χ0v) is 29.7. The predicted molar refractivity (Wildman–Crippen MR) is 186 cm³/mol. The number of rotatable bonds is 7. The van der Waals surface area contributed by atoms with Crippen molar-refractivity contribution >= 4 is 40.7 Å². The summed E-state index contributed by atoms with van der Waals surface area (Å²) >= 11 is 6.50. The number of imidazole rings is 1. The Balaban J connectivity index is 1.11. The van der Waals surface area contributed by atoms with E-state index in [4.69, 9.17) is 11.6 Å². The number of aliphatic hydroxyl groups is 1. The molecule has 2 aliphatic rings. The number of nitrogens with zero attached hydrogens (tertiary/aromatic N) is 8. The maximum Gasteiger partial charge on any atom is 0.435 e. The number of hydrogen-bond acceptors (Lipinski definition) is 8. The third kappa shape index (κ3) is 7.47. The Bertz CT molecular complexity index is 1990. The summed E-state index contributed by atoms with van der Waals surface area (Å²) < 4.78 is 45.2. The highest BCUT2D eigenvalue weighted by atomic mass is 35.5. The van der Waals surface area contributed by atoms with Gasteiger partial charge in [0.2, 0.25) is 5.91 Å². The minimum Gasteiger partial charge on any atom is -0.387 e. The van der Waals surface area contributed by atoms with Crippen LogP contribution in [0.2, 0.25) is 5.02 Å². The molecule has 6 rings (SSSR count). The van der Waals surface area contributed by atoms with E-state index in [2.05, 4.69) is 25.7 Å². The van der Waals surface area contributed by atoms with Crippen LogP contribution in [0.3, 0.4) is 0 Å². The van der Waals surface area contributed by atoms with Gasteiger partial charge in [0.1, 0.15) is 12.6 Å². The fourth-order valence-electron chi connectivity index (χ4n) is 6.61. The normalized spacial score (nSPS) is 19.0. The zero-order valence-electron chi connectivity index (χ0n) is 29.0. The Hall–Kier alpha value is -5.00. The molecule has 2 aliphatic heterocycles. The lowest BCUT2D eigenvalue weighted by Crippen LogP contribution is -2.58. The number of anilines is 2. The average Bonchev–Trinajstić information content (AvgIpc) is 3.72. The summed E-state index contributed by atoms with van der Waals surface area (Å²) in [6, 6.07) is 7.53. The maximum atomic E-state index is 14.1. The van der Waals surface area contributed by atoms with E-state index in [1.807, 2.05) is 14.1 Å². The molecule has 0 saturated carbocycles. The lowest BCUT2D eigenvalue weighted by molar-refractivity contribution is -0.899. The summed E-state index contributed by atoms with van der Waals surface area (Å²) in [4.78, 5) is 51.4. The summed E-state index contributed by atoms with van der Waals surface area (Å²) in [7, 11) is 7.15. The van der Waals surface area contributed by atoms with Gasteiger partial charge in [-0.05, 0) is 30.3 Å². The molecule has 0 spiro atoms. The molecule has 4 aromatic rings. The van der Waals surface area contributed by atoms with Crippen LogP contribution in [0.1, 0.15) is 33.1 Å². The van der Waals surface area contributed by atoms with Crippen LogP contribution in [0.5, 0.6) is 0 Å². The SMILES string of the molecule is CNc1ccc(-n2cc(-c3cnc(C(=O)Nc4ccc(C(=O)N5CCN(C(=O)C6CC[N+](C)(C)C[C@H]6O)CC5)c(Cl)c4)n3C)c(C(F)(F)F)n2)nc1. The van der Waals surface area contributed by atoms with Crippen LogP contribution < -0.4 is 10.6 Å². The smallest absolute Gasteiger partial charge is 0.387 e. The zero-order chi connectivity index (χ0) is 37.5. The fraction of sp³-hybridized carbons (Fsp3) is 0.412. The molecule has 3 amide bonds. The number of pyridine rings is 1. The van der Waals surface area contributed by atoms with Gasteiger partial charge < -0.3 is 34.6 Å². The van der Waals surface area contributed by atoms with Crippen LogP contribution in [0.15, 0.2) is 48.9 Å². The van der Waals surface area contributed by atoms with Crippen LogP contribution >= 0.6 is 11.6 Å². The Morgan fingerprint density at radius 3 is 2.31 bits per heavy atom. The molecule has 1 aromatic carbocycles. The van der Waals surface area contributed by atoms with E-state index in [1.165, 1.54) is 48.3 Å². The van der Waals surface area contributed by atoms with Gasteiger partial charge in [0.05, 0.1) is 66.5 Å². The Kier molecular flexibility index (Phi) is 10.0. The van der Waals surface area contributed by atoms with Gasteiger partial charge in [-0.3, -0.25) is 14.4 Å². The third-order valence-corrected chi connectivity index (χ3v) is 9.88. The molecule has 52 heavy (non-hydrogen) atoms. The van der Waals surface area contributed by atoms with Crippen molar-refractivity contribution in [2.75, 3.05) is 71.0 Å². The fourth-order valence-corrected chi connectivity index (χ4v) is 6.87. The van der Waals surface area contributed by atoms with E-state index in [0.29, 0.717) is 49.3 Å². The van der Waals surface area contributed by atoms with Crippen molar-refractivity contribution in [1.82, 2.24) is 34.1 Å². The van der Waals surface area contributed by atoms with Crippen molar-refractivity contribution in [3.05, 3.63) is 71.0 Å². The van der Waals surface area contributed by atoms with Gasteiger partial charge in [0, 0.05) is 58.6 Å². The molecule has 2 saturated heterocycles. The molecule has 0 radical (unpaired) electrons. The van der Waals surface area contributed by atoms with Crippen LogP contribution in [0.4, 0.5) is 24.5 Å². The van der Waals surface area contributed by atoms with Crippen LogP contribution in [0, 0.1) is 5.92 Å². The molecule has 14 nitrogen and oxygen atoms in total. The van der Waals surface area contributed by atoms with Gasteiger partial charge in [-0.1, -0.05) is 11.6 Å². The second-order valence-electron chi connectivity index (χ2n) is 13.6. The molecule has 5 heterocycles. The molecule has 3 N–H and O–H groups in total. The van der Waals surface area contributed by atoms with Crippen molar-refractivity contribution < 1.29 is 37.1 Å². The first-order valence-corrected chi connectivity index (χ1v) is 17.0. The number of piperidine rings is 1. The second-order valence-corrected chi connectivity index (χ2v) is 14.0. The number of nitrogens with one attached hydrogen (secondary N) is 2. The molecule has 1 unspecified atom stereocenters. The second kappa shape index (κ2) is 14.2. The predicted octanol–water partition coefficient (Wildman–Crippen LogP) is 3.38. The lowest BCUT2D eigenvalue weighted by Gasteiger charge is -2.42. The standard InChI is InChI=1S/C34H38ClF3N10O4/c1-39-21-6-8-28(40-16-21)47-18-24(29(43-47)34(36,37)38)26-17-41-30(44(26)2)31(50)42-20-5-7-22(25(35)15-20)32(51)45-10-12-46(13-11-45)33(52)23-9-14-48(3,4)19-27(23)49/h5-8,15-18,23,27,39,49H,9-14,19H2,1-4H3/p+1/t23?,27-/m1/s1. The minimum atomic E-state index is -4.81. The number of carbonyl (C=O) groups excluding carboxylic acids is 3. The van der Waals surface area contributed by atoms with Crippen molar-refractivity contribution in [2.24, 2.45) is 13.0 Å². The van der Waals surface area contributed by atoms with E-state index >= 15 is 0 Å². The topological polar surface area (TPSA) is 151 Å². The molecule has 18 heteroatoms. The van der Waals surface area contributed by atoms with Crippen molar-refractivity contribution in [3.8, 4) is 17.1 Å². The largest absolute Gasteiger partial charge is 0.435 e. The van der Waals surface area contributed by atoms with Gasteiger partial charge in [-0.15, -0.1) is 0 Å². The third-order valence-electron chi connectivity index (χ3n) is 9.57. The molecular weight excluding hydrogens is 705 g/mol. The van der Waals surface area contributed by atoms with E-state index in [0.717, 1.165) is 17.4 Å². The van der Waals surface area contributed by atoms with Gasteiger partial charge >= 0.3 is 6.18 Å². The number of hydrogen-bond donors (Lipinski definition) is 3. The lowest BCUT2D eigenvalue weighted by atomic mass is 9.91. The molecule has 3 aromatic heterocycles. The number of halogens is 4. The summed E-state index contributed by atoms with van der Waals surface area (Å²) in [6.07, 6.45) is -1.14. The number of aromatic nitrogens is 5. The number of carbonyl (C=O) groups is 3. The Labute approximate surface area is 302 Å². The Morgan fingerprint density at radius 1 is 1.00 bits per heavy atom. The van der Waals surface area contributed by atoms with Crippen molar-refractivity contribution in [3.63, 3.8) is 0 Å². The van der Waals surface area contributed by atoms with Crippen molar-refractivity contribution in [1.29, 1.82) is 0 Å². The molecule has 0 bridgehead atoms. The summed E-state index contributed by atoms with van der Waals surface area (Å²) in [5, 5.41) is 19.9. The van der Waals surface area contributed by atoms with Crippen LogP contribution in [-0.2, 0) is 18.0 Å². The summed E-state index contributed by atoms with van der Waals surface area (Å²) in [5.41, 5.74) is -0.372. The van der Waals surface area contributed by atoms with Gasteiger partial charge in [0.15, 0.2) is 17.3 Å². The number of benzene rings is 1. The molecule has 2 fully saturated rings. The highest BCUT2D eigenvalue weighted by Gasteiger charge is 2.41. The van der Waals surface area contributed by atoms with Gasteiger partial charge in [0.25, 0.3) is 11.8 Å². The van der Waals surface area contributed by atoms with Gasteiger partial charge in [-0.25, -0.2) is 14.6 Å². The highest BCUT2D eigenvalue weighted by Crippen LogP contribution is 2.37. The van der Waals surface area contributed by atoms with E-state index in [9.17, 15) is 32.7 Å². The molecular formula is C34H39ClF3N10O4+. The first kappa shape index (κ1) is 36.8. The van der Waals surface area contributed by atoms with Crippen molar-refractivity contribution in [2.45, 2.75) is 18.7 Å². The first-order valence-electron chi connectivity index (χ1n) is 16.6. The maximum absolute atomic E-state index is 14.1. The number of likely N-dealkylation sites (tertiary alicyclic amines) is 1. The van der Waals surface area contributed by atoms with Crippen LogP contribution in [-0.4, -0.2) is 128 Å². The molecule has 276 valence electrons. The van der Waals surface area contributed by atoms with E-state index in [1.54, 1.807) is 22.9 Å².